The van der Waals surface area contributed by atoms with E-state index in [1.165, 1.54) is 6.82 Å². The zero-order valence-corrected chi connectivity index (χ0v) is 34.1. The van der Waals surface area contributed by atoms with E-state index in [1.54, 1.807) is 0 Å². The fourth-order valence-electron chi connectivity index (χ4n) is 9.41. The lowest BCUT2D eigenvalue weighted by Gasteiger charge is -2.35. The summed E-state index contributed by atoms with van der Waals surface area (Å²) in [5.41, 5.74) is 14.1. The Labute approximate surface area is 379 Å². The summed E-state index contributed by atoms with van der Waals surface area (Å²) in [4.78, 5) is 2.14. The molecule has 0 bridgehead atoms. The molecule has 0 atom stereocenters. The molecule has 0 fully saturated rings. The van der Waals surface area contributed by atoms with Gasteiger partial charge in [-0.2, -0.15) is 0 Å². The molecule has 8 aromatic carbocycles. The molecule has 2 aliphatic rings. The van der Waals surface area contributed by atoms with Crippen LogP contribution in [0, 0.1) is 0 Å². The molecule has 8 aromatic rings. The van der Waals surface area contributed by atoms with Crippen LogP contribution in [0.3, 0.4) is 0 Å². The predicted octanol–water partition coefficient (Wildman–Crippen LogP) is 0.975. The quantitative estimate of drug-likeness (QED) is 0.237. The molecule has 0 unspecified atom stereocenters. The van der Waals surface area contributed by atoms with Gasteiger partial charge in [0.1, 0.15) is 78.5 Å². The van der Waals surface area contributed by atoms with E-state index in [0.717, 1.165) is 55.9 Å². The largest absolute Gasteiger partial charge is 0.310 e. The molecule has 2 aliphatic carbocycles. The van der Waals surface area contributed by atoms with Crippen molar-refractivity contribution in [2.24, 2.45) is 0 Å². The maximum Gasteiger partial charge on any atom is 0.115 e. The second-order valence-corrected chi connectivity index (χ2v) is 15.5. The van der Waals surface area contributed by atoms with Crippen molar-refractivity contribution in [1.29, 1.82) is 0 Å². The molecule has 0 saturated heterocycles. The van der Waals surface area contributed by atoms with E-state index in [0.29, 0.717) is 60.7 Å². The van der Waals surface area contributed by atoms with Gasteiger partial charge in [0, 0.05) is 22.6 Å². The molecule has 0 aromatic heterocycles. The van der Waals surface area contributed by atoms with Gasteiger partial charge in [0.05, 0.1) is 13.3 Å². The highest BCUT2D eigenvalue weighted by molar-refractivity contribution is 6.62. The summed E-state index contributed by atoms with van der Waals surface area (Å²) in [5.74, 6) is 0. The van der Waals surface area contributed by atoms with Crippen LogP contribution in [0.15, 0.2) is 140 Å². The van der Waals surface area contributed by atoms with Crippen molar-refractivity contribution < 1.29 is 0 Å². The first-order valence-corrected chi connectivity index (χ1v) is 20.0. The molecule has 1 nitrogen and oxygen atoms in total. The van der Waals surface area contributed by atoms with E-state index >= 15 is 0 Å². The second-order valence-electron chi connectivity index (χ2n) is 15.5. The molecule has 10 rings (SSSR count). The Morgan fingerprint density at radius 3 is 1.13 bits per heavy atom. The van der Waals surface area contributed by atoms with Gasteiger partial charge in [-0.3, -0.25) is 0 Å². The van der Waals surface area contributed by atoms with Crippen molar-refractivity contribution in [2.45, 2.75) is 12.2 Å². The van der Waals surface area contributed by atoms with E-state index in [1.807, 2.05) is 66.7 Å². The lowest BCUT2D eigenvalue weighted by Crippen LogP contribution is -2.43. The van der Waals surface area contributed by atoms with E-state index < -0.39 is 5.41 Å². The van der Waals surface area contributed by atoms with Gasteiger partial charge in [-0.25, -0.2) is 0 Å². The third kappa shape index (κ3) is 6.15. The zero-order valence-electron chi connectivity index (χ0n) is 34.1. The van der Waals surface area contributed by atoms with E-state index in [4.69, 9.17) is 78.5 Å². The molecule has 62 heavy (non-hydrogen) atoms. The van der Waals surface area contributed by atoms with E-state index in [-0.39, 0.29) is 21.9 Å². The van der Waals surface area contributed by atoms with Gasteiger partial charge in [0.15, 0.2) is 0 Å². The minimum Gasteiger partial charge on any atom is -0.310 e. The van der Waals surface area contributed by atoms with Crippen LogP contribution >= 0.6 is 0 Å². The van der Waals surface area contributed by atoms with Crippen molar-refractivity contribution in [3.8, 4) is 44.5 Å². The molecule has 0 amide bonds. The van der Waals surface area contributed by atoms with Crippen molar-refractivity contribution in [3.05, 3.63) is 162 Å². The summed E-state index contributed by atoms with van der Waals surface area (Å²) in [6.45, 7) is 1.50. The average molecular weight is 760 g/mol. The SMILES string of the molecule is [B]C.[B]c1cc2c(cc1[B])C1(c3cc([B])c([B])c([B])c3-c3c1cc([B])c([B])c3[B])c1cc([B])c([B])c(N(c3ccc(-c4ccccc4)cc3)c3ccc(-c4ccccc4)cc3)c1-2. The first-order valence-electron chi connectivity index (χ1n) is 20.0. The lowest BCUT2D eigenvalue weighted by molar-refractivity contribution is 0.798. The summed E-state index contributed by atoms with van der Waals surface area (Å²) < 4.78 is 0. The van der Waals surface area contributed by atoms with Crippen molar-refractivity contribution in [2.75, 3.05) is 4.90 Å². The molecule has 0 saturated carbocycles. The highest BCUT2D eigenvalue weighted by atomic mass is 15.1. The molecular weight excluding hydrogens is 733 g/mol. The van der Waals surface area contributed by atoms with Gasteiger partial charge in [0.2, 0.25) is 0 Å². The normalized spacial score (nSPS) is 12.5. The Balaban J connectivity index is 0.00000242. The third-order valence-electron chi connectivity index (χ3n) is 12.3. The molecule has 12 heteroatoms. The van der Waals surface area contributed by atoms with Crippen LogP contribution < -0.4 is 59.5 Å². The Bertz CT molecular complexity index is 2930. The Hall–Kier alpha value is -5.73. The maximum atomic E-state index is 7.28. The van der Waals surface area contributed by atoms with Crippen LogP contribution in [-0.2, 0) is 5.41 Å². The third-order valence-corrected chi connectivity index (χ3v) is 12.3. The zero-order chi connectivity index (χ0) is 43.8. The van der Waals surface area contributed by atoms with Crippen LogP contribution in [0.4, 0.5) is 17.1 Å². The van der Waals surface area contributed by atoms with Crippen LogP contribution in [0.2, 0.25) is 6.82 Å². The molecule has 264 valence electrons. The fraction of sp³-hybridized carbons (Fsp3) is 0.0400. The molecule has 1 spiro atoms. The number of nitrogens with zero attached hydrogens (tertiary/aromatic N) is 1. The van der Waals surface area contributed by atoms with E-state index in [2.05, 4.69) is 85.5 Å². The minimum atomic E-state index is -1.18. The maximum absolute atomic E-state index is 7.28. The Morgan fingerprint density at radius 1 is 0.339 bits per heavy atom. The van der Waals surface area contributed by atoms with Gasteiger partial charge in [0.25, 0.3) is 0 Å². The second kappa shape index (κ2) is 15.9. The molecule has 0 heterocycles. The van der Waals surface area contributed by atoms with Crippen LogP contribution in [0.1, 0.15) is 22.3 Å². The first-order chi connectivity index (χ1) is 29.9. The number of hydrogen-bond acceptors (Lipinski definition) is 1. The molecule has 0 N–H and O–H groups in total. The van der Waals surface area contributed by atoms with Gasteiger partial charge in [-0.05, 0) is 85.5 Å². The highest BCUT2D eigenvalue weighted by Crippen LogP contribution is 2.63. The number of rotatable bonds is 5. The lowest BCUT2D eigenvalue weighted by atomic mass is 9.63. The predicted molar refractivity (Wildman–Crippen MR) is 274 cm³/mol. The number of hydrogen-bond donors (Lipinski definition) is 0. The van der Waals surface area contributed by atoms with Crippen LogP contribution in [0.5, 0.6) is 0 Å². The molecule has 22 radical (unpaired) electrons. The summed E-state index contributed by atoms with van der Waals surface area (Å²) in [7, 11) is 72.6. The minimum absolute atomic E-state index is 0.225. The highest BCUT2D eigenvalue weighted by Gasteiger charge is 2.54. The smallest absolute Gasteiger partial charge is 0.115 e. The summed E-state index contributed by atoms with van der Waals surface area (Å²) in [6.07, 6.45) is 0. The summed E-state index contributed by atoms with van der Waals surface area (Å²) in [6, 6.07) is 46.5. The molecular formula is C50H26B11N. The van der Waals surface area contributed by atoms with Crippen LogP contribution in [0.25, 0.3) is 44.5 Å². The number of benzene rings is 8. The van der Waals surface area contributed by atoms with Gasteiger partial charge >= 0.3 is 0 Å². The monoisotopic (exact) mass is 761 g/mol. The van der Waals surface area contributed by atoms with Crippen molar-refractivity contribution >= 4 is 158 Å². The Morgan fingerprint density at radius 2 is 0.694 bits per heavy atom. The summed E-state index contributed by atoms with van der Waals surface area (Å²) in [5, 5.41) is 0. The summed E-state index contributed by atoms with van der Waals surface area (Å²) >= 11 is 0. The van der Waals surface area contributed by atoms with Crippen LogP contribution in [-0.4, -0.2) is 86.3 Å². The number of fused-ring (bicyclic) bond motifs is 10. The van der Waals surface area contributed by atoms with E-state index in [9.17, 15) is 0 Å². The molecule has 0 aliphatic heterocycles. The first kappa shape index (κ1) is 41.6. The number of anilines is 3. The van der Waals surface area contributed by atoms with Gasteiger partial charge in [-0.15, -0.1) is 38.2 Å². The van der Waals surface area contributed by atoms with Gasteiger partial charge < -0.3 is 4.90 Å². The van der Waals surface area contributed by atoms with Crippen molar-refractivity contribution in [3.63, 3.8) is 0 Å². The van der Waals surface area contributed by atoms with Gasteiger partial charge in [-0.1, -0.05) is 138 Å². The topological polar surface area (TPSA) is 3.24 Å². The van der Waals surface area contributed by atoms with Crippen molar-refractivity contribution in [1.82, 2.24) is 0 Å². The Kier molecular flexibility index (Phi) is 10.7. The standard InChI is InChI=1S/C49H23B10N.CH3B/c50-35-19-30-31(20-36(35)51)49(33-22-37(52)43(55)46(58)41(33)42-34(49)23-38(53)44(56)47(42)59)32-21-39(54)45(57)48(40(30)32)60(28-15-11-26(12-16-28)24-7-3-1-4-8-24)29-17-13-27(14-18-29)25-9-5-2-6-10-25;1-2/h1-23H;1H3. The average Bonchev–Trinajstić information content (AvgIpc) is 3.73. The fourth-order valence-corrected chi connectivity index (χ4v) is 9.41.